The van der Waals surface area contributed by atoms with Crippen LogP contribution in [-0.2, 0) is 114 Å². The summed E-state index contributed by atoms with van der Waals surface area (Å²) >= 11 is 0. The first-order valence-corrected chi connectivity index (χ1v) is 40.8. The molecule has 0 aromatic carbocycles. The molecule has 60 heteroatoms. The predicted molar refractivity (Wildman–Crippen MR) is 383 cm³/mol. The number of aliphatic hydroxyl groups excluding tert-OH is 27. The minimum Gasteiger partial charge on any atom is -0.477 e. The number of hydrogen-bond acceptors (Lipinski definition) is 52. The molecule has 3 amide bonds. The molecule has 9 heterocycles. The van der Waals surface area contributed by atoms with Gasteiger partial charge in [0, 0.05) is 33.6 Å². The van der Waals surface area contributed by atoms with Crippen LogP contribution in [0.2, 0.25) is 0 Å². The quantitative estimate of drug-likeness (QED) is 0.0257. The number of phosphoric ester groups is 1. The van der Waals surface area contributed by atoms with E-state index in [4.69, 9.17) is 85.1 Å². The average molecular weight is 1890 g/mol. The first kappa shape index (κ1) is 106. The average Bonchev–Trinajstić information content (AvgIpc) is 0.742. The monoisotopic (exact) mass is 1890 g/mol. The Bertz CT molecular complexity index is 3580. The highest BCUT2D eigenvalue weighted by molar-refractivity contribution is 7.46. The molecular weight excluding hydrogens is 1770 g/mol. The van der Waals surface area contributed by atoms with E-state index < -0.39 is 403 Å². The van der Waals surface area contributed by atoms with Gasteiger partial charge in [0.25, 0.3) is 11.6 Å². The van der Waals surface area contributed by atoms with Crippen molar-refractivity contribution in [1.29, 1.82) is 0 Å². The van der Waals surface area contributed by atoms with Crippen molar-refractivity contribution in [2.75, 3.05) is 59.5 Å². The van der Waals surface area contributed by atoms with Crippen LogP contribution in [0, 0.1) is 0 Å². The van der Waals surface area contributed by atoms with E-state index in [0.29, 0.717) is 0 Å². The van der Waals surface area contributed by atoms with Gasteiger partial charge in [0.2, 0.25) is 17.7 Å². The number of hydrogen-bond donors (Lipinski definition) is 35. The summed E-state index contributed by atoms with van der Waals surface area (Å²) in [6, 6.07) is -5.90. The molecule has 0 saturated carbocycles. The molecule has 48 atom stereocenters. The first-order valence-electron chi connectivity index (χ1n) is 39.3. The Morgan fingerprint density at radius 3 is 1.27 bits per heavy atom. The Kier molecular flexibility index (Phi) is 37.6. The summed E-state index contributed by atoms with van der Waals surface area (Å²) in [5, 5.41) is 341. The summed E-state index contributed by atoms with van der Waals surface area (Å²) in [6.07, 6.45) is -106. The number of carboxylic acid groups (broad SMARTS) is 2. The Morgan fingerprint density at radius 2 is 0.764 bits per heavy atom. The van der Waals surface area contributed by atoms with Crippen LogP contribution in [-0.4, -0.2) is 546 Å². The van der Waals surface area contributed by atoms with E-state index in [-0.39, 0.29) is 0 Å². The van der Waals surface area contributed by atoms with Crippen molar-refractivity contribution < 1.29 is 277 Å². The maximum Gasteiger partial charge on any atom is 0.470 e. The van der Waals surface area contributed by atoms with Crippen LogP contribution in [0.25, 0.3) is 0 Å². The molecule has 59 nitrogen and oxygen atoms in total. The molecule has 0 bridgehead atoms. The number of nitrogens with one attached hydrogen (secondary N) is 3. The Labute approximate surface area is 714 Å². The van der Waals surface area contributed by atoms with Gasteiger partial charge in [-0.2, -0.15) is 0 Å². The number of aliphatic carboxylic acids is 2. The van der Waals surface area contributed by atoms with Crippen molar-refractivity contribution in [2.24, 2.45) is 0 Å². The van der Waals surface area contributed by atoms with Gasteiger partial charge in [-0.05, 0) is 0 Å². The van der Waals surface area contributed by atoms with Gasteiger partial charge in [0.15, 0.2) is 44.0 Å². The number of carboxylic acids is 2. The highest BCUT2D eigenvalue weighted by Gasteiger charge is 2.65. The first-order chi connectivity index (χ1) is 59.6. The zero-order valence-corrected chi connectivity index (χ0v) is 67.8. The fraction of sp³-hybridized carbons (Fsp3) is 0.925. The molecule has 9 saturated heterocycles. The van der Waals surface area contributed by atoms with Gasteiger partial charge in [0.05, 0.1) is 77.7 Å². The fourth-order valence-electron chi connectivity index (χ4n) is 16.0. The maximum absolute atomic E-state index is 13.2. The normalized spacial score (nSPS) is 46.0. The van der Waals surface area contributed by atoms with E-state index in [1.54, 1.807) is 0 Å². The second-order valence-corrected chi connectivity index (χ2v) is 32.5. The summed E-state index contributed by atoms with van der Waals surface area (Å²) in [5.41, 5.74) is 0. The van der Waals surface area contributed by atoms with E-state index in [1.807, 2.05) is 0 Å². The van der Waals surface area contributed by atoms with Crippen LogP contribution >= 0.6 is 7.82 Å². The van der Waals surface area contributed by atoms with Crippen molar-refractivity contribution in [3.8, 4) is 0 Å². The van der Waals surface area contributed by atoms with Gasteiger partial charge >= 0.3 is 19.8 Å². The number of carbonyl (C=O) groups excluding carboxylic acids is 3. The summed E-state index contributed by atoms with van der Waals surface area (Å²) < 4.78 is 117. The van der Waals surface area contributed by atoms with Crippen LogP contribution < -0.4 is 16.0 Å². The standard InChI is InChI=1S/C67H112N3O56P/c1-15(80)68-29-18(83)5-67(65(103)104,124-50(29)32(89)20(85)6-71)125-52-35(92)26(12-77)111-61(42(52)99)117-48-27(13-78)112-58(31(37(48)94)70-17(3)82)119-51-34(91)25(11-76)110-60(41(51)98)118-49-28(14-79)113-59(39(96)38(49)95)121-55-46(22(87)8-73)116-62(115-45-19(84)4-66(105,64(101)102)123-47(45)23(88)9-74)43(100)53(55)120-63-56(54(126-127(106,107)108)40(97)44(114-63)21(86)7-72)122-57-30(69-16(2)81)36(93)33(90)24(10-75)109-57/h18-63,71-79,83-100,105H,4-14H2,1-3H3,(H,68,80)(H,69,81)(H,70,82)(H,101,102)(H,103,104)(H2,106,107,108)/t18-,19+,20+,21-,22-,23+,24+,25+,26+,27+,28+,29+,30+,31+,32+,33+,34-,35-,36+,37+,38+,39+,40+,41+,42+,43-,44+,45+,46+,47+,48+,49+,50+,51-,52-,53+,54-,55+,56-,57+,58-,59-,60-,61-,62-,63+,66+,67-/m0/s1. The van der Waals surface area contributed by atoms with E-state index in [1.165, 1.54) is 0 Å². The summed E-state index contributed by atoms with van der Waals surface area (Å²) in [6.45, 7) is -9.33. The Morgan fingerprint density at radius 1 is 0.362 bits per heavy atom. The van der Waals surface area contributed by atoms with E-state index in [2.05, 4.69) is 16.0 Å². The predicted octanol–water partition coefficient (Wildman–Crippen LogP) is -22.3. The Hall–Kier alpha value is -4.34. The lowest BCUT2D eigenvalue weighted by Gasteiger charge is -2.53. The summed E-state index contributed by atoms with van der Waals surface area (Å²) in [4.78, 5) is 84.1. The lowest BCUT2D eigenvalue weighted by atomic mass is 9.88. The number of aliphatic hydroxyl groups is 28. The fourth-order valence-corrected chi connectivity index (χ4v) is 16.6. The van der Waals surface area contributed by atoms with Crippen LogP contribution in [0.5, 0.6) is 0 Å². The van der Waals surface area contributed by atoms with E-state index >= 15 is 0 Å². The molecular formula is C67H112N3O56P. The van der Waals surface area contributed by atoms with Crippen LogP contribution in [0.4, 0.5) is 0 Å². The van der Waals surface area contributed by atoms with Crippen LogP contribution in [0.3, 0.4) is 0 Å². The summed E-state index contributed by atoms with van der Waals surface area (Å²) in [7, 11) is -6.10. The highest BCUT2D eigenvalue weighted by Crippen LogP contribution is 2.47. The van der Waals surface area contributed by atoms with E-state index in [9.17, 15) is 192 Å². The second kappa shape index (κ2) is 44.9. The van der Waals surface area contributed by atoms with Gasteiger partial charge in [-0.3, -0.25) is 18.9 Å². The second-order valence-electron chi connectivity index (χ2n) is 31.3. The molecule has 35 N–H and O–H groups in total. The van der Waals surface area contributed by atoms with E-state index in [0.717, 1.165) is 20.8 Å². The summed E-state index contributed by atoms with van der Waals surface area (Å²) in [5.74, 6) is -14.0. The molecule has 9 aliphatic heterocycles. The van der Waals surface area contributed by atoms with Crippen molar-refractivity contribution >= 4 is 37.5 Å². The molecule has 0 unspecified atom stereocenters. The molecule has 9 fully saturated rings. The molecule has 9 aliphatic rings. The topological polar surface area (TPSA) is 952 Å². The van der Waals surface area contributed by atoms with Gasteiger partial charge in [-0.15, -0.1) is 0 Å². The van der Waals surface area contributed by atoms with Crippen molar-refractivity contribution in [3.05, 3.63) is 0 Å². The van der Waals surface area contributed by atoms with Gasteiger partial charge in [-0.1, -0.05) is 0 Å². The third-order valence-corrected chi connectivity index (χ3v) is 22.9. The SMILES string of the molecule is CC(=O)N[C@H]1[C@H](O[C@H]2[C@@H](O)[C@@H](CO)O[C@@H](O[C@H]3[C@H](O)[C@@H](O)[C@H](O[C@H]4[C@H](O[C@H]5O[C@H]([C@@H](O)CO)[C@@H](O)[C@H](OP(=O)(O)O)[C@@H]5O[C@H]5O[C@H](CO)[C@@H](O)[C@H](O)[C@H]5NC(C)=O)[C@H](O)[C@@H](O[C@H]5[C@@H]([C@H](O)CO)O[C@@](O)(C(=O)O)C[C@H]5O)O[C@@H]4[C@@H](O)CO)O[C@@H]3CO)[C@@H]2O)O[C@H](CO)[C@@H](O[C@@H]2O[C@H](CO)[C@H](O)[C@H](O[C@]3(C(=O)O)C[C@H](O)[C@@H](NC(C)=O)[C@H]([C@H](O)[C@H](O)CO)O3)[C@H]2O)[C@@H]1O. The maximum atomic E-state index is 13.2. The lowest BCUT2D eigenvalue weighted by Crippen LogP contribution is -2.71. The van der Waals surface area contributed by atoms with Crippen molar-refractivity contribution in [1.82, 2.24) is 16.0 Å². The van der Waals surface area contributed by atoms with Gasteiger partial charge < -0.3 is 259 Å². The highest BCUT2D eigenvalue weighted by atomic mass is 31.2. The molecule has 0 aliphatic carbocycles. The molecule has 127 heavy (non-hydrogen) atoms. The zero-order chi connectivity index (χ0) is 94.6. The van der Waals surface area contributed by atoms with Gasteiger partial charge in [0.1, 0.15) is 220 Å². The number of ether oxygens (including phenoxy) is 17. The van der Waals surface area contributed by atoms with Crippen LogP contribution in [0.15, 0.2) is 0 Å². The Balaban J connectivity index is 1.02. The van der Waals surface area contributed by atoms with Gasteiger partial charge in [-0.25, -0.2) is 14.2 Å². The minimum atomic E-state index is -6.10. The molecule has 736 valence electrons. The molecule has 0 radical (unpaired) electrons. The third-order valence-electron chi connectivity index (χ3n) is 22.4. The zero-order valence-electron chi connectivity index (χ0n) is 66.9. The number of carbonyl (C=O) groups is 5. The lowest BCUT2D eigenvalue weighted by molar-refractivity contribution is -0.415. The molecule has 0 aromatic rings. The minimum absolute atomic E-state index is 0.853. The third kappa shape index (κ3) is 23.6. The number of rotatable bonds is 37. The van der Waals surface area contributed by atoms with Crippen molar-refractivity contribution in [2.45, 2.75) is 327 Å². The van der Waals surface area contributed by atoms with Crippen LogP contribution in [0.1, 0.15) is 33.6 Å². The number of phosphoric acid groups is 1. The molecule has 0 aromatic heterocycles. The molecule has 0 spiro atoms. The smallest absolute Gasteiger partial charge is 0.470 e. The van der Waals surface area contributed by atoms with Crippen molar-refractivity contribution in [3.63, 3.8) is 0 Å². The number of amides is 3. The largest absolute Gasteiger partial charge is 0.477 e. The molecule has 9 rings (SSSR count).